The molecule has 0 bridgehead atoms. The van der Waals surface area contributed by atoms with E-state index < -0.39 is 21.8 Å². The zero-order chi connectivity index (χ0) is 18.5. The van der Waals surface area contributed by atoms with Gasteiger partial charge >= 0.3 is 6.18 Å². The Morgan fingerprint density at radius 3 is 2.58 bits per heavy atom. The molecule has 4 nitrogen and oxygen atoms in total. The SMILES string of the molecule is O=S(=O)(c1cccc(C(F)(F)F)c1)n1cc2c3c(cccc31)CNCC2. The van der Waals surface area contributed by atoms with E-state index in [1.165, 1.54) is 12.3 Å². The fourth-order valence-electron chi connectivity index (χ4n) is 3.34. The van der Waals surface area contributed by atoms with Gasteiger partial charge in [-0.15, -0.1) is 0 Å². The average molecular weight is 380 g/mol. The smallest absolute Gasteiger partial charge is 0.312 e. The largest absolute Gasteiger partial charge is 0.416 e. The van der Waals surface area contributed by atoms with Crippen LogP contribution in [0.1, 0.15) is 16.7 Å². The molecule has 0 aliphatic carbocycles. The number of nitrogens with one attached hydrogen (secondary N) is 1. The summed E-state index contributed by atoms with van der Waals surface area (Å²) in [5, 5.41) is 4.13. The summed E-state index contributed by atoms with van der Waals surface area (Å²) in [5.74, 6) is 0. The summed E-state index contributed by atoms with van der Waals surface area (Å²) < 4.78 is 66.1. The summed E-state index contributed by atoms with van der Waals surface area (Å²) >= 11 is 0. The molecule has 0 saturated carbocycles. The number of hydrogen-bond donors (Lipinski definition) is 1. The first kappa shape index (κ1) is 17.1. The number of benzene rings is 2. The van der Waals surface area contributed by atoms with E-state index in [1.54, 1.807) is 12.1 Å². The molecular formula is C18H15F3N2O2S. The summed E-state index contributed by atoms with van der Waals surface area (Å²) in [7, 11) is -4.14. The Morgan fingerprint density at radius 1 is 1.04 bits per heavy atom. The first-order chi connectivity index (χ1) is 12.3. The predicted molar refractivity (Wildman–Crippen MR) is 91.4 cm³/mol. The van der Waals surface area contributed by atoms with Gasteiger partial charge in [-0.3, -0.25) is 0 Å². The highest BCUT2D eigenvalue weighted by atomic mass is 32.2. The summed E-state index contributed by atoms with van der Waals surface area (Å²) in [5.41, 5.74) is 1.35. The van der Waals surface area contributed by atoms with Gasteiger partial charge in [0.2, 0.25) is 0 Å². The van der Waals surface area contributed by atoms with Crippen LogP contribution in [0.5, 0.6) is 0 Å². The molecule has 4 rings (SSSR count). The van der Waals surface area contributed by atoms with Crippen molar-refractivity contribution in [2.75, 3.05) is 6.54 Å². The minimum atomic E-state index is -4.60. The second-order valence-corrected chi connectivity index (χ2v) is 8.03. The Balaban J connectivity index is 1.93. The van der Waals surface area contributed by atoms with Crippen molar-refractivity contribution < 1.29 is 21.6 Å². The maximum Gasteiger partial charge on any atom is 0.416 e. The van der Waals surface area contributed by atoms with E-state index in [0.717, 1.165) is 32.6 Å². The molecule has 0 spiro atoms. The van der Waals surface area contributed by atoms with Gasteiger partial charge in [0.15, 0.2) is 0 Å². The Hall–Kier alpha value is -2.32. The lowest BCUT2D eigenvalue weighted by Gasteiger charge is -2.11. The van der Waals surface area contributed by atoms with Crippen LogP contribution >= 0.6 is 0 Å². The van der Waals surface area contributed by atoms with E-state index in [0.29, 0.717) is 31.1 Å². The lowest BCUT2D eigenvalue weighted by atomic mass is 10.1. The quantitative estimate of drug-likeness (QED) is 0.740. The van der Waals surface area contributed by atoms with E-state index >= 15 is 0 Å². The molecule has 0 unspecified atom stereocenters. The molecule has 1 N–H and O–H groups in total. The van der Waals surface area contributed by atoms with Crippen LogP contribution < -0.4 is 5.32 Å². The van der Waals surface area contributed by atoms with E-state index in [9.17, 15) is 21.6 Å². The van der Waals surface area contributed by atoms with E-state index in [2.05, 4.69) is 5.32 Å². The molecule has 1 aromatic heterocycles. The van der Waals surface area contributed by atoms with Crippen molar-refractivity contribution in [3.05, 3.63) is 65.4 Å². The Kier molecular flexibility index (Phi) is 3.85. The van der Waals surface area contributed by atoms with Crippen LogP contribution in [-0.4, -0.2) is 18.9 Å². The highest BCUT2D eigenvalue weighted by Gasteiger charge is 2.32. The lowest BCUT2D eigenvalue weighted by Crippen LogP contribution is -2.16. The zero-order valence-corrected chi connectivity index (χ0v) is 14.4. The number of rotatable bonds is 2. The number of alkyl halides is 3. The van der Waals surface area contributed by atoms with Crippen LogP contribution in [0.25, 0.3) is 10.9 Å². The zero-order valence-electron chi connectivity index (χ0n) is 13.5. The number of halogens is 3. The fourth-order valence-corrected chi connectivity index (χ4v) is 4.78. The lowest BCUT2D eigenvalue weighted by molar-refractivity contribution is -0.137. The number of nitrogens with zero attached hydrogens (tertiary/aromatic N) is 1. The molecule has 8 heteroatoms. The molecule has 3 aromatic rings. The minimum Gasteiger partial charge on any atom is -0.312 e. The third-order valence-corrected chi connectivity index (χ3v) is 6.23. The number of aromatic nitrogens is 1. The van der Waals surface area contributed by atoms with Gasteiger partial charge in [0.1, 0.15) is 0 Å². The van der Waals surface area contributed by atoms with Crippen molar-refractivity contribution in [1.82, 2.24) is 9.29 Å². The Morgan fingerprint density at radius 2 is 1.81 bits per heavy atom. The van der Waals surface area contributed by atoms with E-state index in [4.69, 9.17) is 0 Å². The maximum atomic E-state index is 13.1. The normalized spacial score (nSPS) is 15.2. The fraction of sp³-hybridized carbons (Fsp3) is 0.222. The Bertz CT molecular complexity index is 1100. The van der Waals surface area contributed by atoms with E-state index in [1.807, 2.05) is 6.07 Å². The topological polar surface area (TPSA) is 51.1 Å². The molecule has 26 heavy (non-hydrogen) atoms. The molecule has 0 fully saturated rings. The van der Waals surface area contributed by atoms with Crippen molar-refractivity contribution in [2.24, 2.45) is 0 Å². The summed E-state index contributed by atoms with van der Waals surface area (Å²) in [6, 6.07) is 9.20. The average Bonchev–Trinajstić information content (AvgIpc) is 2.85. The third kappa shape index (κ3) is 2.69. The van der Waals surface area contributed by atoms with Crippen LogP contribution in [0, 0.1) is 0 Å². The minimum absolute atomic E-state index is 0.378. The highest BCUT2D eigenvalue weighted by Crippen LogP contribution is 2.33. The molecule has 1 aliphatic heterocycles. The van der Waals surface area contributed by atoms with Crippen LogP contribution in [0.2, 0.25) is 0 Å². The summed E-state index contributed by atoms with van der Waals surface area (Å²) in [6.45, 7) is 1.33. The maximum absolute atomic E-state index is 13.1. The van der Waals surface area contributed by atoms with Crippen molar-refractivity contribution in [3.8, 4) is 0 Å². The highest BCUT2D eigenvalue weighted by molar-refractivity contribution is 7.90. The van der Waals surface area contributed by atoms with Gasteiger partial charge in [0.25, 0.3) is 10.0 Å². The summed E-state index contributed by atoms with van der Waals surface area (Å²) in [6.07, 6.45) is -2.43. The monoisotopic (exact) mass is 380 g/mol. The van der Waals surface area contributed by atoms with Crippen molar-refractivity contribution >= 4 is 20.9 Å². The molecule has 0 atom stereocenters. The van der Waals surface area contributed by atoms with Crippen molar-refractivity contribution in [2.45, 2.75) is 24.0 Å². The third-order valence-electron chi connectivity index (χ3n) is 4.57. The molecule has 2 aromatic carbocycles. The second kappa shape index (κ2) is 5.85. The van der Waals surface area contributed by atoms with Gasteiger partial charge in [-0.05, 0) is 48.4 Å². The van der Waals surface area contributed by atoms with Crippen LogP contribution in [0.4, 0.5) is 13.2 Å². The summed E-state index contributed by atoms with van der Waals surface area (Å²) in [4.78, 5) is -0.378. The molecule has 0 radical (unpaired) electrons. The Labute approximate surface area is 148 Å². The predicted octanol–water partition coefficient (Wildman–Crippen LogP) is 3.54. The second-order valence-electron chi connectivity index (χ2n) is 6.22. The molecule has 1 aliphatic rings. The molecule has 0 saturated heterocycles. The molecular weight excluding hydrogens is 365 g/mol. The van der Waals surface area contributed by atoms with Gasteiger partial charge < -0.3 is 5.32 Å². The standard InChI is InChI=1S/C18H15F3N2O2S/c19-18(20,21)14-4-2-5-15(9-14)26(24,25)23-11-13-7-8-22-10-12-3-1-6-16(23)17(12)13/h1-6,9,11,22H,7-8,10H2. The molecule has 0 amide bonds. The van der Waals surface area contributed by atoms with Gasteiger partial charge in [-0.1, -0.05) is 18.2 Å². The first-order valence-electron chi connectivity index (χ1n) is 8.04. The van der Waals surface area contributed by atoms with Crippen LogP contribution in [0.3, 0.4) is 0 Å². The van der Waals surface area contributed by atoms with Crippen LogP contribution in [0.15, 0.2) is 53.6 Å². The first-order valence-corrected chi connectivity index (χ1v) is 9.48. The molecule has 136 valence electrons. The van der Waals surface area contributed by atoms with Gasteiger partial charge in [0, 0.05) is 18.1 Å². The molecule has 2 heterocycles. The van der Waals surface area contributed by atoms with Crippen molar-refractivity contribution in [3.63, 3.8) is 0 Å². The van der Waals surface area contributed by atoms with Crippen LogP contribution in [-0.2, 0) is 29.2 Å². The number of hydrogen-bond acceptors (Lipinski definition) is 3. The van der Waals surface area contributed by atoms with Gasteiger partial charge in [0.05, 0.1) is 16.0 Å². The van der Waals surface area contributed by atoms with E-state index in [-0.39, 0.29) is 4.90 Å². The van der Waals surface area contributed by atoms with Gasteiger partial charge in [-0.2, -0.15) is 13.2 Å². The van der Waals surface area contributed by atoms with Crippen molar-refractivity contribution in [1.29, 1.82) is 0 Å². The van der Waals surface area contributed by atoms with Gasteiger partial charge in [-0.25, -0.2) is 12.4 Å².